The molecule has 0 aliphatic heterocycles. The van der Waals surface area contributed by atoms with E-state index in [0.717, 1.165) is 17.2 Å². The van der Waals surface area contributed by atoms with E-state index < -0.39 is 0 Å². The Kier molecular flexibility index (Phi) is 5.44. The van der Waals surface area contributed by atoms with Gasteiger partial charge in [0, 0.05) is 10.9 Å². The molecule has 102 valence electrons. The molecule has 0 saturated heterocycles. The van der Waals surface area contributed by atoms with Crippen LogP contribution in [0.2, 0.25) is 4.34 Å². The minimum Gasteiger partial charge on any atom is -0.316 e. The zero-order valence-electron chi connectivity index (χ0n) is 11.4. The summed E-state index contributed by atoms with van der Waals surface area (Å²) in [6.07, 6.45) is 2.16. The third-order valence-corrected chi connectivity index (χ3v) is 4.83. The van der Waals surface area contributed by atoms with Gasteiger partial charge in [-0.3, -0.25) is 0 Å². The molecule has 0 radical (unpaired) electrons. The van der Waals surface area contributed by atoms with Crippen LogP contribution in [0.5, 0.6) is 0 Å². The Labute approximate surface area is 124 Å². The summed E-state index contributed by atoms with van der Waals surface area (Å²) in [4.78, 5) is 1.35. The predicted molar refractivity (Wildman–Crippen MR) is 85.4 cm³/mol. The number of hydrogen-bond donors (Lipinski definition) is 1. The first kappa shape index (κ1) is 14.6. The van der Waals surface area contributed by atoms with Gasteiger partial charge in [-0.2, -0.15) is 0 Å². The highest BCUT2D eigenvalue weighted by Crippen LogP contribution is 2.28. The Bertz CT molecular complexity index is 494. The topological polar surface area (TPSA) is 12.0 Å². The van der Waals surface area contributed by atoms with Crippen LogP contribution in [0, 0.1) is 0 Å². The molecular formula is C16H20ClNS. The first-order chi connectivity index (χ1) is 9.24. The number of halogens is 1. The van der Waals surface area contributed by atoms with Gasteiger partial charge in [0.1, 0.15) is 0 Å². The number of benzene rings is 1. The summed E-state index contributed by atoms with van der Waals surface area (Å²) in [6.45, 7) is 2.25. The van der Waals surface area contributed by atoms with Crippen molar-refractivity contribution in [2.24, 2.45) is 0 Å². The van der Waals surface area contributed by atoms with Gasteiger partial charge >= 0.3 is 0 Å². The van der Waals surface area contributed by atoms with Crippen LogP contribution in [0.1, 0.15) is 29.7 Å². The molecule has 0 saturated carbocycles. The highest BCUT2D eigenvalue weighted by atomic mass is 35.5. The standard InChI is InChI=1S/C16H20ClNS/c1-3-14(12-7-5-4-6-8-12)15(18-2)11-13-9-10-16(17)19-13/h4-10,14-15,18H,3,11H2,1-2H3. The fourth-order valence-corrected chi connectivity index (χ4v) is 3.72. The maximum Gasteiger partial charge on any atom is 0.0931 e. The van der Waals surface area contributed by atoms with Crippen LogP contribution < -0.4 is 5.32 Å². The molecule has 1 heterocycles. The first-order valence-electron chi connectivity index (χ1n) is 6.71. The second kappa shape index (κ2) is 7.09. The van der Waals surface area contributed by atoms with Gasteiger partial charge in [0.2, 0.25) is 0 Å². The van der Waals surface area contributed by atoms with Crippen LogP contribution in [-0.4, -0.2) is 13.1 Å². The van der Waals surface area contributed by atoms with E-state index in [9.17, 15) is 0 Å². The summed E-state index contributed by atoms with van der Waals surface area (Å²) >= 11 is 7.70. The van der Waals surface area contributed by atoms with E-state index in [1.54, 1.807) is 11.3 Å². The molecule has 1 aromatic heterocycles. The fourth-order valence-electron chi connectivity index (χ4n) is 2.58. The van der Waals surface area contributed by atoms with Crippen molar-refractivity contribution in [3.05, 3.63) is 57.2 Å². The number of nitrogens with one attached hydrogen (secondary N) is 1. The van der Waals surface area contributed by atoms with Crippen LogP contribution >= 0.6 is 22.9 Å². The minimum atomic E-state index is 0.446. The molecule has 0 spiro atoms. The monoisotopic (exact) mass is 293 g/mol. The van der Waals surface area contributed by atoms with Crippen molar-refractivity contribution in [3.8, 4) is 0 Å². The number of thiophene rings is 1. The van der Waals surface area contributed by atoms with Crippen LogP contribution in [0.3, 0.4) is 0 Å². The summed E-state index contributed by atoms with van der Waals surface area (Å²) < 4.78 is 0.873. The summed E-state index contributed by atoms with van der Waals surface area (Å²) in [5.74, 6) is 0.534. The summed E-state index contributed by atoms with van der Waals surface area (Å²) in [6, 6.07) is 15.3. The van der Waals surface area contributed by atoms with Gasteiger partial charge in [-0.05, 0) is 43.5 Å². The average Bonchev–Trinajstić information content (AvgIpc) is 2.85. The van der Waals surface area contributed by atoms with Gasteiger partial charge in [-0.25, -0.2) is 0 Å². The predicted octanol–water partition coefficient (Wildman–Crippen LogP) is 4.73. The highest BCUT2D eigenvalue weighted by Gasteiger charge is 2.21. The first-order valence-corrected chi connectivity index (χ1v) is 7.90. The Morgan fingerprint density at radius 2 is 1.89 bits per heavy atom. The lowest BCUT2D eigenvalue weighted by molar-refractivity contribution is 0.451. The summed E-state index contributed by atoms with van der Waals surface area (Å²) in [5.41, 5.74) is 1.41. The lowest BCUT2D eigenvalue weighted by Gasteiger charge is -2.26. The smallest absolute Gasteiger partial charge is 0.0931 e. The highest BCUT2D eigenvalue weighted by molar-refractivity contribution is 7.16. The van der Waals surface area contributed by atoms with Crippen molar-refractivity contribution < 1.29 is 0 Å². The molecule has 0 fully saturated rings. The van der Waals surface area contributed by atoms with Crippen molar-refractivity contribution in [1.82, 2.24) is 5.32 Å². The van der Waals surface area contributed by atoms with Gasteiger partial charge in [0.15, 0.2) is 0 Å². The van der Waals surface area contributed by atoms with E-state index in [1.165, 1.54) is 10.4 Å². The Balaban J connectivity index is 2.15. The molecular weight excluding hydrogens is 274 g/mol. The molecule has 2 atom stereocenters. The summed E-state index contributed by atoms with van der Waals surface area (Å²) in [5, 5.41) is 3.47. The van der Waals surface area contributed by atoms with E-state index in [0.29, 0.717) is 12.0 Å². The summed E-state index contributed by atoms with van der Waals surface area (Å²) in [7, 11) is 2.05. The maximum atomic E-state index is 6.02. The largest absolute Gasteiger partial charge is 0.316 e. The van der Waals surface area contributed by atoms with Crippen molar-refractivity contribution in [2.45, 2.75) is 31.7 Å². The SMILES string of the molecule is CCC(c1ccccc1)C(Cc1ccc(Cl)s1)NC. The van der Waals surface area contributed by atoms with Crippen molar-refractivity contribution >= 4 is 22.9 Å². The van der Waals surface area contributed by atoms with Gasteiger partial charge in [0.25, 0.3) is 0 Å². The zero-order valence-corrected chi connectivity index (χ0v) is 13.0. The van der Waals surface area contributed by atoms with E-state index in [4.69, 9.17) is 11.6 Å². The molecule has 1 N–H and O–H groups in total. The third kappa shape index (κ3) is 3.82. The van der Waals surface area contributed by atoms with Gasteiger partial charge in [-0.1, -0.05) is 48.9 Å². The Morgan fingerprint density at radius 3 is 2.42 bits per heavy atom. The molecule has 2 aromatic rings. The molecule has 3 heteroatoms. The lowest BCUT2D eigenvalue weighted by Crippen LogP contribution is -2.33. The Morgan fingerprint density at radius 1 is 1.16 bits per heavy atom. The van der Waals surface area contributed by atoms with E-state index in [1.807, 2.05) is 13.1 Å². The minimum absolute atomic E-state index is 0.446. The maximum absolute atomic E-state index is 6.02. The molecule has 0 aliphatic rings. The normalized spacial score (nSPS) is 14.3. The average molecular weight is 294 g/mol. The van der Waals surface area contributed by atoms with Gasteiger partial charge < -0.3 is 5.32 Å². The molecule has 2 unspecified atom stereocenters. The second-order valence-electron chi connectivity index (χ2n) is 4.73. The van der Waals surface area contributed by atoms with E-state index in [2.05, 4.69) is 48.6 Å². The number of likely N-dealkylation sites (N-methyl/N-ethyl adjacent to an activating group) is 1. The zero-order chi connectivity index (χ0) is 13.7. The molecule has 0 aliphatic carbocycles. The van der Waals surface area contributed by atoms with Crippen LogP contribution in [0.4, 0.5) is 0 Å². The van der Waals surface area contributed by atoms with Crippen molar-refractivity contribution in [1.29, 1.82) is 0 Å². The molecule has 1 aromatic carbocycles. The number of hydrogen-bond acceptors (Lipinski definition) is 2. The van der Waals surface area contributed by atoms with E-state index >= 15 is 0 Å². The van der Waals surface area contributed by atoms with Crippen LogP contribution in [-0.2, 0) is 6.42 Å². The molecule has 0 bridgehead atoms. The molecule has 2 rings (SSSR count). The van der Waals surface area contributed by atoms with E-state index in [-0.39, 0.29) is 0 Å². The molecule has 0 amide bonds. The fraction of sp³-hybridized carbons (Fsp3) is 0.375. The van der Waals surface area contributed by atoms with Crippen LogP contribution in [0.25, 0.3) is 0 Å². The van der Waals surface area contributed by atoms with Gasteiger partial charge in [-0.15, -0.1) is 11.3 Å². The van der Waals surface area contributed by atoms with Gasteiger partial charge in [0.05, 0.1) is 4.34 Å². The quantitative estimate of drug-likeness (QED) is 0.812. The van der Waals surface area contributed by atoms with Crippen molar-refractivity contribution in [2.75, 3.05) is 7.05 Å². The molecule has 19 heavy (non-hydrogen) atoms. The Hall–Kier alpha value is -0.830. The van der Waals surface area contributed by atoms with Crippen LogP contribution in [0.15, 0.2) is 42.5 Å². The second-order valence-corrected chi connectivity index (χ2v) is 6.53. The third-order valence-electron chi connectivity index (χ3n) is 3.57. The lowest BCUT2D eigenvalue weighted by atomic mass is 9.87. The molecule has 1 nitrogen and oxygen atoms in total. The van der Waals surface area contributed by atoms with Crippen molar-refractivity contribution in [3.63, 3.8) is 0 Å². The number of rotatable bonds is 6.